The second-order valence-electron chi connectivity index (χ2n) is 8.12. The van der Waals surface area contributed by atoms with Gasteiger partial charge in [0.2, 0.25) is 5.91 Å². The Morgan fingerprint density at radius 3 is 2.39 bits per heavy atom. The molecule has 0 aliphatic rings. The minimum absolute atomic E-state index is 0.205. The molecule has 9 nitrogen and oxygen atoms in total. The summed E-state index contributed by atoms with van der Waals surface area (Å²) in [5, 5.41) is 10.6. The highest BCUT2D eigenvalue weighted by molar-refractivity contribution is 7.98. The maximum absolute atomic E-state index is 12.7. The Balaban J connectivity index is 1.13. The van der Waals surface area contributed by atoms with E-state index < -0.39 is 6.04 Å². The van der Waals surface area contributed by atoms with Crippen LogP contribution in [0, 0.1) is 0 Å². The highest BCUT2D eigenvalue weighted by Crippen LogP contribution is 2.23. The average molecular weight is 498 g/mol. The summed E-state index contributed by atoms with van der Waals surface area (Å²) in [5.41, 5.74) is 4.87. The number of para-hydroxylation sites is 2. The van der Waals surface area contributed by atoms with Gasteiger partial charge in [-0.25, -0.2) is 14.6 Å². The third-order valence-electron chi connectivity index (χ3n) is 5.58. The van der Waals surface area contributed by atoms with Crippen molar-refractivity contribution in [2.24, 2.45) is 0 Å². The lowest BCUT2D eigenvalue weighted by atomic mass is 10.1. The Morgan fingerprint density at radius 1 is 0.972 bits per heavy atom. The number of carbonyl (C=O) groups excluding carboxylic acids is 2. The first kappa shape index (κ1) is 23.3. The van der Waals surface area contributed by atoms with Crippen LogP contribution in [-0.4, -0.2) is 36.5 Å². The summed E-state index contributed by atoms with van der Waals surface area (Å²) >= 11 is 1.62. The number of aromatic nitrogens is 5. The molecule has 5 rings (SSSR count). The van der Waals surface area contributed by atoms with Gasteiger partial charge in [-0.15, -0.1) is 0 Å². The van der Waals surface area contributed by atoms with Crippen LogP contribution in [0.4, 0.5) is 11.4 Å². The number of nitrogens with one attached hydrogen (secondary N) is 3. The lowest BCUT2D eigenvalue weighted by Gasteiger charge is -2.12. The molecule has 36 heavy (non-hydrogen) atoms. The van der Waals surface area contributed by atoms with E-state index in [1.165, 1.54) is 17.3 Å². The van der Waals surface area contributed by atoms with Crippen LogP contribution in [0.2, 0.25) is 0 Å². The van der Waals surface area contributed by atoms with Crippen LogP contribution in [0.3, 0.4) is 0 Å². The molecule has 0 saturated carbocycles. The number of thioether (sulfide) groups is 1. The normalized spacial score (nSPS) is 11.8. The van der Waals surface area contributed by atoms with Crippen molar-refractivity contribution in [2.45, 2.75) is 23.9 Å². The van der Waals surface area contributed by atoms with Gasteiger partial charge in [0, 0.05) is 22.7 Å². The number of carbonyl (C=O) groups is 2. The number of amides is 2. The molecule has 5 aromatic rings. The molecule has 0 saturated heterocycles. The maximum atomic E-state index is 12.7. The third kappa shape index (κ3) is 5.44. The monoisotopic (exact) mass is 497 g/mol. The van der Waals surface area contributed by atoms with Gasteiger partial charge in [0.1, 0.15) is 18.7 Å². The molecule has 0 fully saturated rings. The molecule has 2 heterocycles. The van der Waals surface area contributed by atoms with E-state index in [2.05, 4.69) is 30.7 Å². The topological polar surface area (TPSA) is 118 Å². The molecule has 3 N–H and O–H groups in total. The van der Waals surface area contributed by atoms with E-state index in [1.807, 2.05) is 48.5 Å². The first-order valence-corrected chi connectivity index (χ1v) is 12.3. The van der Waals surface area contributed by atoms with Gasteiger partial charge in [-0.3, -0.25) is 9.59 Å². The number of benzene rings is 3. The summed E-state index contributed by atoms with van der Waals surface area (Å²) in [6.45, 7) is 1.74. The second kappa shape index (κ2) is 10.4. The van der Waals surface area contributed by atoms with Crippen molar-refractivity contribution in [1.82, 2.24) is 24.7 Å². The molecule has 0 aliphatic heterocycles. The Hall–Kier alpha value is -4.44. The quantitative estimate of drug-likeness (QED) is 0.263. The molecule has 2 amide bonds. The van der Waals surface area contributed by atoms with Gasteiger partial charge in [-0.2, -0.15) is 5.10 Å². The summed E-state index contributed by atoms with van der Waals surface area (Å²) in [5.74, 6) is 0.323. The standard InChI is InChI=1S/C26H23N7O2S/c1-17(33-16-27-15-28-33)24(34)29-20-10-12-21(13-11-20)30-25(35)19-8-6-18(7-9-19)14-36-26-31-22-4-2-3-5-23(22)32-26/h2-13,15-17H,14H2,1H3,(H,29,34)(H,30,35)(H,31,32). The molecule has 2 aromatic heterocycles. The molecule has 0 bridgehead atoms. The fourth-order valence-electron chi connectivity index (χ4n) is 3.53. The lowest BCUT2D eigenvalue weighted by molar-refractivity contribution is -0.119. The fraction of sp³-hybridized carbons (Fsp3) is 0.115. The lowest BCUT2D eigenvalue weighted by Crippen LogP contribution is -2.24. The Bertz CT molecular complexity index is 1450. The minimum atomic E-state index is -0.494. The first-order chi connectivity index (χ1) is 17.5. The number of aromatic amines is 1. The van der Waals surface area contributed by atoms with Crippen molar-refractivity contribution in [1.29, 1.82) is 0 Å². The minimum Gasteiger partial charge on any atom is -0.333 e. The van der Waals surface area contributed by atoms with Crippen molar-refractivity contribution in [3.05, 3.63) is 96.6 Å². The van der Waals surface area contributed by atoms with Crippen LogP contribution in [0.25, 0.3) is 11.0 Å². The Morgan fingerprint density at radius 2 is 1.69 bits per heavy atom. The summed E-state index contributed by atoms with van der Waals surface area (Å²) in [6, 6.07) is 21.9. The van der Waals surface area contributed by atoms with Crippen LogP contribution in [0.1, 0.15) is 28.9 Å². The van der Waals surface area contributed by atoms with Gasteiger partial charge in [0.25, 0.3) is 5.91 Å². The smallest absolute Gasteiger partial charge is 0.255 e. The number of hydrogen-bond donors (Lipinski definition) is 3. The number of imidazole rings is 1. The van der Waals surface area contributed by atoms with Crippen LogP contribution < -0.4 is 10.6 Å². The number of H-pyrrole nitrogens is 1. The zero-order chi connectivity index (χ0) is 24.9. The van der Waals surface area contributed by atoms with Gasteiger partial charge < -0.3 is 15.6 Å². The molecule has 1 unspecified atom stereocenters. The van der Waals surface area contributed by atoms with Gasteiger partial charge in [-0.05, 0) is 61.0 Å². The zero-order valence-corrected chi connectivity index (χ0v) is 20.2. The predicted molar refractivity (Wildman–Crippen MR) is 140 cm³/mol. The van der Waals surface area contributed by atoms with E-state index in [-0.39, 0.29) is 11.8 Å². The number of hydrogen-bond acceptors (Lipinski definition) is 6. The first-order valence-electron chi connectivity index (χ1n) is 11.3. The summed E-state index contributed by atoms with van der Waals surface area (Å²) in [6.07, 6.45) is 2.88. The average Bonchev–Trinajstić information content (AvgIpc) is 3.58. The fourth-order valence-corrected chi connectivity index (χ4v) is 4.37. The zero-order valence-electron chi connectivity index (χ0n) is 19.4. The largest absolute Gasteiger partial charge is 0.333 e. The van der Waals surface area contributed by atoms with E-state index in [9.17, 15) is 9.59 Å². The molecule has 180 valence electrons. The van der Waals surface area contributed by atoms with E-state index in [4.69, 9.17) is 0 Å². The van der Waals surface area contributed by atoms with E-state index >= 15 is 0 Å². The molecule has 3 aromatic carbocycles. The SMILES string of the molecule is CC(C(=O)Nc1ccc(NC(=O)c2ccc(CSc3nc4ccccc4[nH]3)cc2)cc1)n1cncn1. The third-order valence-corrected chi connectivity index (χ3v) is 6.53. The molecule has 0 radical (unpaired) electrons. The van der Waals surface area contributed by atoms with Crippen LogP contribution in [0.5, 0.6) is 0 Å². The van der Waals surface area contributed by atoms with Crippen LogP contribution in [0.15, 0.2) is 90.6 Å². The highest BCUT2D eigenvalue weighted by Gasteiger charge is 2.15. The molecular formula is C26H23N7O2S. The van der Waals surface area contributed by atoms with Crippen molar-refractivity contribution >= 4 is 46.0 Å². The summed E-state index contributed by atoms with van der Waals surface area (Å²) in [4.78, 5) is 36.8. The molecule has 10 heteroatoms. The molecule has 0 aliphatic carbocycles. The van der Waals surface area contributed by atoms with Crippen LogP contribution >= 0.6 is 11.8 Å². The van der Waals surface area contributed by atoms with Gasteiger partial charge in [-0.1, -0.05) is 36.0 Å². The van der Waals surface area contributed by atoms with E-state index in [1.54, 1.807) is 43.0 Å². The molecule has 0 spiro atoms. The summed E-state index contributed by atoms with van der Waals surface area (Å²) < 4.78 is 1.48. The maximum Gasteiger partial charge on any atom is 0.255 e. The number of fused-ring (bicyclic) bond motifs is 1. The van der Waals surface area contributed by atoms with Gasteiger partial charge >= 0.3 is 0 Å². The van der Waals surface area contributed by atoms with E-state index in [0.717, 1.165) is 27.5 Å². The Kier molecular flexibility index (Phi) is 6.76. The summed E-state index contributed by atoms with van der Waals surface area (Å²) in [7, 11) is 0. The highest BCUT2D eigenvalue weighted by atomic mass is 32.2. The Labute approximate surface area is 211 Å². The number of nitrogens with zero attached hydrogens (tertiary/aromatic N) is 4. The molecule has 1 atom stereocenters. The number of anilines is 2. The van der Waals surface area contributed by atoms with Gasteiger partial charge in [0.05, 0.1) is 11.0 Å². The van der Waals surface area contributed by atoms with Crippen molar-refractivity contribution < 1.29 is 9.59 Å². The van der Waals surface area contributed by atoms with Crippen molar-refractivity contribution in [2.75, 3.05) is 10.6 Å². The second-order valence-corrected chi connectivity index (χ2v) is 9.08. The van der Waals surface area contributed by atoms with Crippen LogP contribution in [-0.2, 0) is 10.5 Å². The van der Waals surface area contributed by atoms with E-state index in [0.29, 0.717) is 16.9 Å². The predicted octanol–water partition coefficient (Wildman–Crippen LogP) is 4.90. The molecular weight excluding hydrogens is 474 g/mol. The van der Waals surface area contributed by atoms with Crippen molar-refractivity contribution in [3.63, 3.8) is 0 Å². The number of rotatable bonds is 8. The van der Waals surface area contributed by atoms with Gasteiger partial charge in [0.15, 0.2) is 5.16 Å². The van der Waals surface area contributed by atoms with Crippen molar-refractivity contribution in [3.8, 4) is 0 Å².